The highest BCUT2D eigenvalue weighted by Crippen LogP contribution is 2.46. The summed E-state index contributed by atoms with van der Waals surface area (Å²) in [4.78, 5) is 13.7. The quantitative estimate of drug-likeness (QED) is 0.862. The van der Waals surface area contributed by atoms with Crippen molar-refractivity contribution in [3.63, 3.8) is 0 Å². The van der Waals surface area contributed by atoms with E-state index in [2.05, 4.69) is 55.2 Å². The summed E-state index contributed by atoms with van der Waals surface area (Å²) < 4.78 is 0. The minimum absolute atomic E-state index is 0.848. The van der Waals surface area contributed by atoms with Crippen LogP contribution in [0, 0.1) is 5.92 Å². The molecule has 1 heterocycles. The molecular weight excluding hydrogens is 296 g/mol. The summed E-state index contributed by atoms with van der Waals surface area (Å²) in [5.74, 6) is 1.77. The molecule has 3 heteroatoms. The van der Waals surface area contributed by atoms with Gasteiger partial charge in [-0.05, 0) is 68.4 Å². The van der Waals surface area contributed by atoms with Gasteiger partial charge in [-0.15, -0.1) is 0 Å². The number of nitrogens with one attached hydrogen (secondary N) is 1. The van der Waals surface area contributed by atoms with E-state index < -0.39 is 0 Å². The molecule has 0 saturated heterocycles. The summed E-state index contributed by atoms with van der Waals surface area (Å²) in [6.45, 7) is 8.64. The van der Waals surface area contributed by atoms with Crippen molar-refractivity contribution >= 4 is 17.7 Å². The number of hydrogen-bond donors (Lipinski definition) is 1. The van der Waals surface area contributed by atoms with Crippen molar-refractivity contribution in [1.29, 1.82) is 0 Å². The lowest BCUT2D eigenvalue weighted by Crippen LogP contribution is -2.23. The highest BCUT2D eigenvalue weighted by atomic mass is 16.1. The van der Waals surface area contributed by atoms with Crippen molar-refractivity contribution in [2.45, 2.75) is 51.9 Å². The van der Waals surface area contributed by atoms with Crippen LogP contribution in [0.3, 0.4) is 0 Å². The van der Waals surface area contributed by atoms with Crippen LogP contribution in [0.1, 0.15) is 56.6 Å². The number of aromatic nitrogens is 1. The van der Waals surface area contributed by atoms with Gasteiger partial charge in [-0.25, -0.2) is 0 Å². The maximum Gasteiger partial charge on any atom is 0.106 e. The zero-order valence-electron chi connectivity index (χ0n) is 15.5. The standard InChI is InChI=1S/C15H17N.C5H13N.CH2O/c1-2-5-12-10(4-1)8-11-9-16-14-7-3-6-13(12)15(11)14;1-4-6(3)5-2;1-2/h3,6-7,9-10,12,16H,1-2,4-5,8H2;4-5H2,1-3H3;1H2. The predicted octanol–water partition coefficient (Wildman–Crippen LogP) is 4.77. The Labute approximate surface area is 146 Å². The van der Waals surface area contributed by atoms with Crippen LogP contribution in [-0.4, -0.2) is 36.8 Å². The number of carbonyl (C=O) groups excluding carboxylic acids is 1. The van der Waals surface area contributed by atoms with Gasteiger partial charge >= 0.3 is 0 Å². The lowest BCUT2D eigenvalue weighted by molar-refractivity contribution is -0.0979. The van der Waals surface area contributed by atoms with Crippen molar-refractivity contribution in [2.75, 3.05) is 20.1 Å². The second-order valence-corrected chi connectivity index (χ2v) is 6.93. The Morgan fingerprint density at radius 1 is 1.17 bits per heavy atom. The number of fused-ring (bicyclic) bond motifs is 2. The third kappa shape index (κ3) is 3.89. The fraction of sp³-hybridized carbons (Fsp3) is 0.571. The molecule has 3 nitrogen and oxygen atoms in total. The Bertz CT molecular complexity index is 630. The summed E-state index contributed by atoms with van der Waals surface area (Å²) in [5, 5.41) is 1.55. The van der Waals surface area contributed by atoms with Gasteiger partial charge in [0.05, 0.1) is 0 Å². The van der Waals surface area contributed by atoms with E-state index in [9.17, 15) is 0 Å². The summed E-state index contributed by atoms with van der Waals surface area (Å²) in [6.07, 6.45) is 9.26. The largest absolute Gasteiger partial charge is 0.361 e. The molecule has 132 valence electrons. The number of rotatable bonds is 2. The molecule has 0 bridgehead atoms. The maximum absolute atomic E-state index is 8.00. The molecule has 0 spiro atoms. The Morgan fingerprint density at radius 3 is 2.54 bits per heavy atom. The topological polar surface area (TPSA) is 36.1 Å². The molecule has 1 fully saturated rings. The van der Waals surface area contributed by atoms with Crippen LogP contribution in [0.25, 0.3) is 10.9 Å². The first-order valence-electron chi connectivity index (χ1n) is 9.30. The van der Waals surface area contributed by atoms with Gasteiger partial charge in [0.1, 0.15) is 6.79 Å². The van der Waals surface area contributed by atoms with Gasteiger partial charge in [0.25, 0.3) is 0 Å². The van der Waals surface area contributed by atoms with E-state index >= 15 is 0 Å². The van der Waals surface area contributed by atoms with Crippen molar-refractivity contribution in [3.05, 3.63) is 35.5 Å². The van der Waals surface area contributed by atoms with Crippen LogP contribution in [0.15, 0.2) is 24.4 Å². The van der Waals surface area contributed by atoms with Crippen LogP contribution < -0.4 is 0 Å². The lowest BCUT2D eigenvalue weighted by atomic mass is 9.69. The number of nitrogens with zero attached hydrogens (tertiary/aromatic N) is 1. The first-order chi connectivity index (χ1) is 11.7. The van der Waals surface area contributed by atoms with Crippen LogP contribution in [0.5, 0.6) is 0 Å². The lowest BCUT2D eigenvalue weighted by Gasteiger charge is -2.35. The SMILES string of the molecule is C=O.CCN(C)CC.c1cc2c3c(c[nH]c3c1)CC1CCCCC21. The smallest absolute Gasteiger partial charge is 0.106 e. The fourth-order valence-electron chi connectivity index (χ4n) is 4.12. The molecule has 2 aromatic rings. The molecule has 2 aliphatic rings. The Kier molecular flexibility index (Phi) is 7.04. The number of carbonyl (C=O) groups is 1. The van der Waals surface area contributed by atoms with Crippen molar-refractivity contribution in [2.24, 2.45) is 5.92 Å². The number of aromatic amines is 1. The summed E-state index contributed by atoms with van der Waals surface area (Å²) in [6, 6.07) is 6.79. The molecule has 2 aliphatic carbocycles. The second kappa shape index (κ2) is 9.03. The first kappa shape index (κ1) is 18.7. The van der Waals surface area contributed by atoms with Crippen molar-refractivity contribution in [1.82, 2.24) is 9.88 Å². The highest BCUT2D eigenvalue weighted by molar-refractivity contribution is 5.88. The Hall–Kier alpha value is -1.61. The molecule has 0 radical (unpaired) electrons. The van der Waals surface area contributed by atoms with Gasteiger partial charge < -0.3 is 14.7 Å². The molecule has 0 aliphatic heterocycles. The molecule has 4 rings (SSSR count). The summed E-state index contributed by atoms with van der Waals surface area (Å²) >= 11 is 0. The summed E-state index contributed by atoms with van der Waals surface area (Å²) in [5.41, 5.74) is 4.54. The van der Waals surface area contributed by atoms with Crippen LogP contribution in [0.4, 0.5) is 0 Å². The number of benzene rings is 1. The average Bonchev–Trinajstić information content (AvgIpc) is 3.08. The molecule has 1 aromatic carbocycles. The van der Waals surface area contributed by atoms with E-state index in [-0.39, 0.29) is 0 Å². The van der Waals surface area contributed by atoms with E-state index in [4.69, 9.17) is 4.79 Å². The van der Waals surface area contributed by atoms with E-state index in [0.29, 0.717) is 0 Å². The van der Waals surface area contributed by atoms with Gasteiger partial charge in [0.2, 0.25) is 0 Å². The molecule has 1 saturated carbocycles. The van der Waals surface area contributed by atoms with Crippen LogP contribution in [0.2, 0.25) is 0 Å². The average molecular weight is 329 g/mol. The van der Waals surface area contributed by atoms with E-state index in [0.717, 1.165) is 24.9 Å². The predicted molar refractivity (Wildman–Crippen MR) is 103 cm³/mol. The molecular formula is C21H32N2O. The van der Waals surface area contributed by atoms with Crippen LogP contribution in [-0.2, 0) is 11.2 Å². The van der Waals surface area contributed by atoms with Gasteiger partial charge in [-0.2, -0.15) is 0 Å². The van der Waals surface area contributed by atoms with Crippen molar-refractivity contribution in [3.8, 4) is 0 Å². The molecule has 1 aromatic heterocycles. The molecule has 24 heavy (non-hydrogen) atoms. The van der Waals surface area contributed by atoms with Gasteiger partial charge in [0, 0.05) is 17.1 Å². The maximum atomic E-state index is 8.00. The zero-order chi connectivity index (χ0) is 17.5. The minimum atomic E-state index is 0.848. The molecule has 2 unspecified atom stereocenters. The van der Waals surface area contributed by atoms with Crippen molar-refractivity contribution < 1.29 is 4.79 Å². The third-order valence-corrected chi connectivity index (χ3v) is 5.69. The summed E-state index contributed by atoms with van der Waals surface area (Å²) in [7, 11) is 2.11. The zero-order valence-corrected chi connectivity index (χ0v) is 15.5. The molecule has 0 amide bonds. The Balaban J connectivity index is 0.000000225. The Morgan fingerprint density at radius 2 is 1.88 bits per heavy atom. The first-order valence-corrected chi connectivity index (χ1v) is 9.30. The number of hydrogen-bond acceptors (Lipinski definition) is 2. The second-order valence-electron chi connectivity index (χ2n) is 6.93. The minimum Gasteiger partial charge on any atom is -0.361 e. The van der Waals surface area contributed by atoms with E-state index in [1.807, 2.05) is 6.79 Å². The van der Waals surface area contributed by atoms with Gasteiger partial charge in [-0.3, -0.25) is 0 Å². The molecule has 2 atom stereocenters. The van der Waals surface area contributed by atoms with Gasteiger partial charge in [-0.1, -0.05) is 38.8 Å². The molecule has 1 N–H and O–H groups in total. The fourth-order valence-corrected chi connectivity index (χ4v) is 4.12. The monoisotopic (exact) mass is 328 g/mol. The highest BCUT2D eigenvalue weighted by Gasteiger charge is 2.32. The third-order valence-electron chi connectivity index (χ3n) is 5.69. The van der Waals surface area contributed by atoms with E-state index in [1.165, 1.54) is 37.6 Å². The number of H-pyrrole nitrogens is 1. The normalized spacial score (nSPS) is 21.3. The van der Waals surface area contributed by atoms with E-state index in [1.54, 1.807) is 16.5 Å². The van der Waals surface area contributed by atoms with Crippen LogP contribution >= 0.6 is 0 Å². The van der Waals surface area contributed by atoms with Gasteiger partial charge in [0.15, 0.2) is 0 Å².